The Kier molecular flexibility index (Phi) is 7.72. The Labute approximate surface area is 185 Å². The molecule has 166 valence electrons. The molecule has 1 aliphatic carbocycles. The molecule has 2 aromatic carbocycles. The molecule has 1 saturated carbocycles. The van der Waals surface area contributed by atoms with E-state index in [1.165, 1.54) is 0 Å². The summed E-state index contributed by atoms with van der Waals surface area (Å²) in [4.78, 5) is 27.8. The van der Waals surface area contributed by atoms with Crippen molar-refractivity contribution in [2.45, 2.75) is 72.0 Å². The lowest BCUT2D eigenvalue weighted by atomic mass is 10.1. The first-order valence-corrected chi connectivity index (χ1v) is 11.2. The van der Waals surface area contributed by atoms with Gasteiger partial charge in [-0.05, 0) is 63.3 Å². The van der Waals surface area contributed by atoms with Gasteiger partial charge < -0.3 is 15.0 Å². The van der Waals surface area contributed by atoms with Crippen molar-refractivity contribution in [1.82, 2.24) is 10.2 Å². The van der Waals surface area contributed by atoms with Gasteiger partial charge in [0.1, 0.15) is 11.8 Å². The number of carbonyl (C=O) groups excluding carboxylic acids is 2. The van der Waals surface area contributed by atoms with Crippen molar-refractivity contribution < 1.29 is 14.3 Å². The van der Waals surface area contributed by atoms with Crippen LogP contribution in [0.15, 0.2) is 42.5 Å². The van der Waals surface area contributed by atoms with Gasteiger partial charge in [-0.15, -0.1) is 0 Å². The van der Waals surface area contributed by atoms with Crippen molar-refractivity contribution in [3.8, 4) is 5.75 Å². The third-order valence-electron chi connectivity index (χ3n) is 6.00. The summed E-state index contributed by atoms with van der Waals surface area (Å²) in [6.07, 6.45) is 4.32. The Morgan fingerprint density at radius 1 is 1.06 bits per heavy atom. The van der Waals surface area contributed by atoms with Gasteiger partial charge in [-0.2, -0.15) is 0 Å². The number of hydrogen-bond acceptors (Lipinski definition) is 3. The zero-order valence-corrected chi connectivity index (χ0v) is 19.1. The third-order valence-corrected chi connectivity index (χ3v) is 6.00. The lowest BCUT2D eigenvalue weighted by Crippen LogP contribution is -2.50. The lowest BCUT2D eigenvalue weighted by Gasteiger charge is -2.30. The number of nitrogens with one attached hydrogen (secondary N) is 1. The summed E-state index contributed by atoms with van der Waals surface area (Å²) in [5, 5.41) is 3.13. The Bertz CT molecular complexity index is 919. The summed E-state index contributed by atoms with van der Waals surface area (Å²) in [5.74, 6) is 0.406. The first kappa shape index (κ1) is 22.9. The zero-order chi connectivity index (χ0) is 22.4. The number of hydrogen-bond donors (Lipinski definition) is 1. The highest BCUT2D eigenvalue weighted by molar-refractivity contribution is 5.88. The predicted molar refractivity (Wildman–Crippen MR) is 123 cm³/mol. The minimum Gasteiger partial charge on any atom is -0.483 e. The van der Waals surface area contributed by atoms with Crippen LogP contribution < -0.4 is 10.1 Å². The second-order valence-electron chi connectivity index (χ2n) is 8.73. The van der Waals surface area contributed by atoms with E-state index in [0.29, 0.717) is 12.3 Å². The lowest BCUT2D eigenvalue weighted by molar-refractivity contribution is -0.142. The van der Waals surface area contributed by atoms with Gasteiger partial charge in [-0.3, -0.25) is 9.59 Å². The zero-order valence-electron chi connectivity index (χ0n) is 19.1. The molecule has 0 unspecified atom stereocenters. The van der Waals surface area contributed by atoms with Gasteiger partial charge in [-0.1, -0.05) is 54.8 Å². The standard InChI is InChI=1S/C26H34N2O3/c1-18-8-7-9-22(14-18)16-28(21(4)26(30)27-23-10-5-6-11-23)25(29)17-31-24-15-19(2)12-13-20(24)3/h7-9,12-15,21,23H,5-6,10-11,16-17H2,1-4H3,(H,27,30)/t21-/m1/s1. The molecule has 1 aliphatic rings. The van der Waals surface area contributed by atoms with Gasteiger partial charge in [0.05, 0.1) is 0 Å². The van der Waals surface area contributed by atoms with Crippen molar-refractivity contribution in [2.75, 3.05) is 6.61 Å². The first-order chi connectivity index (χ1) is 14.8. The summed E-state index contributed by atoms with van der Waals surface area (Å²) in [5.41, 5.74) is 4.19. The van der Waals surface area contributed by atoms with Crippen LogP contribution in [0.1, 0.15) is 54.9 Å². The second-order valence-corrected chi connectivity index (χ2v) is 8.73. The van der Waals surface area contributed by atoms with Crippen LogP contribution in [0.5, 0.6) is 5.75 Å². The highest BCUT2D eigenvalue weighted by Crippen LogP contribution is 2.21. The smallest absolute Gasteiger partial charge is 0.261 e. The van der Waals surface area contributed by atoms with E-state index in [1.54, 1.807) is 11.8 Å². The van der Waals surface area contributed by atoms with Crippen molar-refractivity contribution in [3.63, 3.8) is 0 Å². The maximum atomic E-state index is 13.2. The molecule has 2 amide bonds. The molecule has 3 rings (SSSR count). The van der Waals surface area contributed by atoms with Crippen LogP contribution in [-0.2, 0) is 16.1 Å². The molecule has 0 aromatic heterocycles. The van der Waals surface area contributed by atoms with Crippen LogP contribution in [0.2, 0.25) is 0 Å². The molecule has 1 fully saturated rings. The second kappa shape index (κ2) is 10.5. The van der Waals surface area contributed by atoms with E-state index in [0.717, 1.165) is 47.9 Å². The molecule has 0 radical (unpaired) electrons. The van der Waals surface area contributed by atoms with E-state index in [-0.39, 0.29) is 24.5 Å². The molecule has 0 aliphatic heterocycles. The van der Waals surface area contributed by atoms with Crippen LogP contribution in [-0.4, -0.2) is 35.4 Å². The first-order valence-electron chi connectivity index (χ1n) is 11.2. The molecule has 31 heavy (non-hydrogen) atoms. The van der Waals surface area contributed by atoms with Gasteiger partial charge in [0.2, 0.25) is 5.91 Å². The van der Waals surface area contributed by atoms with E-state index < -0.39 is 6.04 Å². The number of ether oxygens (including phenoxy) is 1. The van der Waals surface area contributed by atoms with Crippen LogP contribution in [0.3, 0.4) is 0 Å². The average molecular weight is 423 g/mol. The Hall–Kier alpha value is -2.82. The minimum atomic E-state index is -0.573. The SMILES string of the molecule is Cc1cccc(CN(C(=O)COc2cc(C)ccc2C)[C@H](C)C(=O)NC2CCCC2)c1. The fourth-order valence-electron chi connectivity index (χ4n) is 4.07. The topological polar surface area (TPSA) is 58.6 Å². The summed E-state index contributed by atoms with van der Waals surface area (Å²) in [6, 6.07) is 13.6. The fraction of sp³-hybridized carbons (Fsp3) is 0.462. The molecule has 2 aromatic rings. The maximum Gasteiger partial charge on any atom is 0.261 e. The maximum absolute atomic E-state index is 13.2. The molecular weight excluding hydrogens is 388 g/mol. The minimum absolute atomic E-state index is 0.0976. The number of amides is 2. The summed E-state index contributed by atoms with van der Waals surface area (Å²) >= 11 is 0. The number of aryl methyl sites for hydroxylation is 3. The van der Waals surface area contributed by atoms with E-state index >= 15 is 0 Å². The Morgan fingerprint density at radius 2 is 1.77 bits per heavy atom. The normalized spacial score (nSPS) is 14.8. The molecule has 5 nitrogen and oxygen atoms in total. The summed E-state index contributed by atoms with van der Waals surface area (Å²) in [6.45, 7) is 8.05. The summed E-state index contributed by atoms with van der Waals surface area (Å²) < 4.78 is 5.86. The van der Waals surface area contributed by atoms with Crippen molar-refractivity contribution in [3.05, 3.63) is 64.7 Å². The van der Waals surface area contributed by atoms with Crippen molar-refractivity contribution >= 4 is 11.8 Å². The number of benzene rings is 2. The molecule has 0 heterocycles. The van der Waals surface area contributed by atoms with E-state index in [4.69, 9.17) is 4.74 Å². The third kappa shape index (κ3) is 6.33. The van der Waals surface area contributed by atoms with E-state index in [2.05, 4.69) is 5.32 Å². The van der Waals surface area contributed by atoms with Gasteiger partial charge in [0.15, 0.2) is 6.61 Å². The molecule has 1 atom stereocenters. The summed E-state index contributed by atoms with van der Waals surface area (Å²) in [7, 11) is 0. The van der Waals surface area contributed by atoms with Crippen LogP contribution in [0.4, 0.5) is 0 Å². The molecule has 0 bridgehead atoms. The average Bonchev–Trinajstić information content (AvgIpc) is 3.25. The fourth-order valence-corrected chi connectivity index (χ4v) is 4.07. The Morgan fingerprint density at radius 3 is 2.48 bits per heavy atom. The number of carbonyl (C=O) groups is 2. The van der Waals surface area contributed by atoms with E-state index in [1.807, 2.05) is 63.2 Å². The molecule has 0 spiro atoms. The van der Waals surface area contributed by atoms with Crippen LogP contribution >= 0.6 is 0 Å². The van der Waals surface area contributed by atoms with Crippen LogP contribution in [0.25, 0.3) is 0 Å². The predicted octanol–water partition coefficient (Wildman–Crippen LogP) is 4.47. The highest BCUT2D eigenvalue weighted by Gasteiger charge is 2.28. The Balaban J connectivity index is 1.73. The van der Waals surface area contributed by atoms with Crippen molar-refractivity contribution in [1.29, 1.82) is 0 Å². The number of rotatable bonds is 8. The van der Waals surface area contributed by atoms with Gasteiger partial charge in [-0.25, -0.2) is 0 Å². The molecule has 1 N–H and O–H groups in total. The number of nitrogens with zero attached hydrogens (tertiary/aromatic N) is 1. The van der Waals surface area contributed by atoms with E-state index in [9.17, 15) is 9.59 Å². The quantitative estimate of drug-likeness (QED) is 0.683. The van der Waals surface area contributed by atoms with Crippen molar-refractivity contribution in [2.24, 2.45) is 0 Å². The van der Waals surface area contributed by atoms with Gasteiger partial charge in [0, 0.05) is 12.6 Å². The molecular formula is C26H34N2O3. The monoisotopic (exact) mass is 422 g/mol. The highest BCUT2D eigenvalue weighted by atomic mass is 16.5. The molecule has 5 heteroatoms. The van der Waals surface area contributed by atoms with Gasteiger partial charge in [0.25, 0.3) is 5.91 Å². The van der Waals surface area contributed by atoms with Gasteiger partial charge >= 0.3 is 0 Å². The molecule has 0 saturated heterocycles. The largest absolute Gasteiger partial charge is 0.483 e. The van der Waals surface area contributed by atoms with Crippen LogP contribution in [0, 0.1) is 20.8 Å².